The summed E-state index contributed by atoms with van der Waals surface area (Å²) in [5.74, 6) is 0.657. The van der Waals surface area contributed by atoms with E-state index in [4.69, 9.17) is 4.74 Å². The molecule has 0 saturated carbocycles. The lowest BCUT2D eigenvalue weighted by Gasteiger charge is -2.46. The highest BCUT2D eigenvalue weighted by Gasteiger charge is 2.48. The van der Waals surface area contributed by atoms with Crippen molar-refractivity contribution in [2.24, 2.45) is 0 Å². The molecule has 3 heterocycles. The maximum Gasteiger partial charge on any atom is 0.223 e. The van der Waals surface area contributed by atoms with E-state index < -0.39 is 17.7 Å². The topological polar surface area (TPSA) is 66.8 Å². The number of likely N-dealkylation sites (tertiary alicyclic amines) is 1. The lowest BCUT2D eigenvalue weighted by molar-refractivity contribution is -0.146. The average Bonchev–Trinajstić information content (AvgIpc) is 2.84. The van der Waals surface area contributed by atoms with Crippen LogP contribution in [0.4, 0.5) is 0 Å². The summed E-state index contributed by atoms with van der Waals surface area (Å²) in [5, 5.41) is 10.8. The Balaban J connectivity index is 2.07. The molecule has 1 N–H and O–H groups in total. The minimum atomic E-state index is -0.819. The summed E-state index contributed by atoms with van der Waals surface area (Å²) < 4.78 is 5.89. The Kier molecular flexibility index (Phi) is 3.77. The number of hydrogen-bond donors (Lipinski definition) is 1. The van der Waals surface area contributed by atoms with Crippen LogP contribution in [0.15, 0.2) is 6.07 Å². The Bertz CT molecular complexity index is 622. The number of Topliss-reactive ketones (excluding diaryl/α,β-unsaturated/α-hetero) is 1. The fourth-order valence-corrected chi connectivity index (χ4v) is 4.27. The standard InChI is InChI=1S/C16H21NO4S/c1-9(18)11-8-10-14(22-11)13(15(20)16(2,3)21-10)17-7-5-4-6-12(17)19/h8,13,15,20H,4-7H2,1-3H3/t13-,15+/m0/s1. The SMILES string of the molecule is CC(=O)c1cc2c(s1)[C@H](N1CCCCC1=O)[C@@H](O)C(C)(C)O2. The molecular formula is C16H21NO4S. The highest BCUT2D eigenvalue weighted by Crippen LogP contribution is 2.48. The van der Waals surface area contributed by atoms with Gasteiger partial charge in [-0.1, -0.05) is 0 Å². The number of thiophene rings is 1. The molecule has 22 heavy (non-hydrogen) atoms. The van der Waals surface area contributed by atoms with Crippen LogP contribution in [0.2, 0.25) is 0 Å². The molecule has 1 aromatic rings. The summed E-state index contributed by atoms with van der Waals surface area (Å²) in [6.45, 7) is 5.78. The van der Waals surface area contributed by atoms with Crippen molar-refractivity contribution in [1.29, 1.82) is 0 Å². The third-order valence-electron chi connectivity index (χ3n) is 4.42. The summed E-state index contributed by atoms with van der Waals surface area (Å²) in [4.78, 5) is 27.1. The molecule has 1 aromatic heterocycles. The largest absolute Gasteiger partial charge is 0.484 e. The van der Waals surface area contributed by atoms with E-state index in [1.807, 2.05) is 13.8 Å². The summed E-state index contributed by atoms with van der Waals surface area (Å²) in [6, 6.07) is 1.31. The number of aliphatic hydroxyl groups is 1. The molecule has 2 aliphatic heterocycles. The van der Waals surface area contributed by atoms with Crippen molar-refractivity contribution in [3.63, 3.8) is 0 Å². The van der Waals surface area contributed by atoms with E-state index in [9.17, 15) is 14.7 Å². The van der Waals surface area contributed by atoms with E-state index in [-0.39, 0.29) is 11.7 Å². The Morgan fingerprint density at radius 2 is 2.18 bits per heavy atom. The van der Waals surface area contributed by atoms with Crippen LogP contribution in [0.3, 0.4) is 0 Å². The molecule has 5 nitrogen and oxygen atoms in total. The Morgan fingerprint density at radius 1 is 1.45 bits per heavy atom. The van der Waals surface area contributed by atoms with Crippen LogP contribution in [0.5, 0.6) is 5.75 Å². The highest BCUT2D eigenvalue weighted by atomic mass is 32.1. The van der Waals surface area contributed by atoms with Crippen LogP contribution in [0.1, 0.15) is 60.6 Å². The second-order valence-electron chi connectivity index (χ2n) is 6.53. The van der Waals surface area contributed by atoms with Crippen LogP contribution in [0, 0.1) is 0 Å². The number of piperidine rings is 1. The monoisotopic (exact) mass is 323 g/mol. The number of amides is 1. The first kappa shape index (κ1) is 15.5. The van der Waals surface area contributed by atoms with E-state index in [0.717, 1.165) is 17.7 Å². The maximum atomic E-state index is 12.3. The van der Waals surface area contributed by atoms with Crippen LogP contribution < -0.4 is 4.74 Å². The zero-order chi connectivity index (χ0) is 16.1. The van der Waals surface area contributed by atoms with Gasteiger partial charge in [0.2, 0.25) is 5.91 Å². The predicted molar refractivity (Wildman–Crippen MR) is 83.3 cm³/mol. The first-order valence-corrected chi connectivity index (χ1v) is 8.44. The Labute approximate surface area is 133 Å². The summed E-state index contributed by atoms with van der Waals surface area (Å²) >= 11 is 1.32. The molecule has 6 heteroatoms. The van der Waals surface area contributed by atoms with Gasteiger partial charge in [0.1, 0.15) is 17.5 Å². The summed E-state index contributed by atoms with van der Waals surface area (Å²) in [7, 11) is 0. The molecule has 1 saturated heterocycles. The number of rotatable bonds is 2. The predicted octanol–water partition coefficient (Wildman–Crippen LogP) is 2.54. The highest BCUT2D eigenvalue weighted by molar-refractivity contribution is 7.14. The molecule has 2 aliphatic rings. The number of carbonyl (C=O) groups excluding carboxylic acids is 2. The normalized spacial score (nSPS) is 27.3. The van der Waals surface area contributed by atoms with Gasteiger partial charge >= 0.3 is 0 Å². The third-order valence-corrected chi connectivity index (χ3v) is 5.71. The minimum absolute atomic E-state index is 0.0287. The Hall–Kier alpha value is -1.40. The second-order valence-corrected chi connectivity index (χ2v) is 7.62. The van der Waals surface area contributed by atoms with E-state index in [1.54, 1.807) is 11.0 Å². The molecule has 0 spiro atoms. The molecule has 0 bridgehead atoms. The van der Waals surface area contributed by atoms with Gasteiger partial charge in [-0.2, -0.15) is 0 Å². The van der Waals surface area contributed by atoms with Gasteiger partial charge in [0, 0.05) is 19.0 Å². The molecule has 0 radical (unpaired) electrons. The van der Waals surface area contributed by atoms with E-state index in [0.29, 0.717) is 23.6 Å². The number of nitrogens with zero attached hydrogens (tertiary/aromatic N) is 1. The van der Waals surface area contributed by atoms with Gasteiger partial charge in [0.05, 0.1) is 15.8 Å². The summed E-state index contributed by atoms with van der Waals surface area (Å²) in [6.07, 6.45) is 1.54. The number of ether oxygens (including phenoxy) is 1. The van der Waals surface area contributed by atoms with Crippen LogP contribution in [0.25, 0.3) is 0 Å². The molecule has 120 valence electrons. The van der Waals surface area contributed by atoms with Gasteiger partial charge in [-0.3, -0.25) is 9.59 Å². The zero-order valence-corrected chi connectivity index (χ0v) is 13.9. The lowest BCUT2D eigenvalue weighted by Crippen LogP contribution is -2.55. The van der Waals surface area contributed by atoms with Crippen LogP contribution in [-0.2, 0) is 4.79 Å². The second kappa shape index (κ2) is 5.35. The lowest BCUT2D eigenvalue weighted by atomic mass is 9.88. The number of fused-ring (bicyclic) bond motifs is 1. The van der Waals surface area contributed by atoms with Crippen molar-refractivity contribution in [2.75, 3.05) is 6.54 Å². The van der Waals surface area contributed by atoms with Gasteiger partial charge in [0.25, 0.3) is 0 Å². The Morgan fingerprint density at radius 3 is 2.82 bits per heavy atom. The number of aliphatic hydroxyl groups excluding tert-OH is 1. The molecule has 0 unspecified atom stereocenters. The number of carbonyl (C=O) groups is 2. The van der Waals surface area contributed by atoms with Gasteiger partial charge in [0.15, 0.2) is 5.78 Å². The molecule has 2 atom stereocenters. The van der Waals surface area contributed by atoms with Crippen molar-refractivity contribution >= 4 is 23.0 Å². The van der Waals surface area contributed by atoms with Gasteiger partial charge in [-0.25, -0.2) is 0 Å². The fraction of sp³-hybridized carbons (Fsp3) is 0.625. The molecule has 0 aliphatic carbocycles. The van der Waals surface area contributed by atoms with Crippen LogP contribution in [-0.4, -0.2) is 39.9 Å². The molecule has 3 rings (SSSR count). The molecule has 0 aromatic carbocycles. The van der Waals surface area contributed by atoms with Crippen molar-refractivity contribution in [3.05, 3.63) is 15.8 Å². The summed E-state index contributed by atoms with van der Waals surface area (Å²) in [5.41, 5.74) is -0.801. The molecule has 1 fully saturated rings. The van der Waals surface area contributed by atoms with Crippen molar-refractivity contribution in [3.8, 4) is 5.75 Å². The quantitative estimate of drug-likeness (QED) is 0.849. The van der Waals surface area contributed by atoms with Gasteiger partial charge in [-0.15, -0.1) is 11.3 Å². The smallest absolute Gasteiger partial charge is 0.223 e. The van der Waals surface area contributed by atoms with Gasteiger partial charge < -0.3 is 14.7 Å². The maximum absolute atomic E-state index is 12.3. The number of hydrogen-bond acceptors (Lipinski definition) is 5. The third kappa shape index (κ3) is 2.44. The first-order valence-electron chi connectivity index (χ1n) is 7.62. The van der Waals surface area contributed by atoms with Crippen molar-refractivity contribution < 1.29 is 19.4 Å². The van der Waals surface area contributed by atoms with E-state index in [2.05, 4.69) is 0 Å². The average molecular weight is 323 g/mol. The minimum Gasteiger partial charge on any atom is -0.484 e. The van der Waals surface area contributed by atoms with E-state index in [1.165, 1.54) is 18.3 Å². The van der Waals surface area contributed by atoms with Crippen molar-refractivity contribution in [2.45, 2.75) is 57.8 Å². The van der Waals surface area contributed by atoms with Crippen molar-refractivity contribution in [1.82, 2.24) is 4.90 Å². The van der Waals surface area contributed by atoms with E-state index >= 15 is 0 Å². The van der Waals surface area contributed by atoms with Gasteiger partial charge in [-0.05, 0) is 33.6 Å². The number of ketones is 1. The molecule has 1 amide bonds. The first-order chi connectivity index (χ1) is 10.3. The van der Waals surface area contributed by atoms with Crippen LogP contribution >= 0.6 is 11.3 Å². The zero-order valence-electron chi connectivity index (χ0n) is 13.1. The molecular weight excluding hydrogens is 302 g/mol. The fourth-order valence-electron chi connectivity index (χ4n) is 3.15.